The van der Waals surface area contributed by atoms with Crippen LogP contribution >= 0.6 is 11.8 Å². The Labute approximate surface area is 188 Å². The Morgan fingerprint density at radius 3 is 2.69 bits per heavy atom. The van der Waals surface area contributed by atoms with Crippen LogP contribution in [0.5, 0.6) is 0 Å². The number of carbonyl (C=O) groups is 1. The zero-order valence-corrected chi connectivity index (χ0v) is 18.8. The van der Waals surface area contributed by atoms with Crippen LogP contribution in [0.2, 0.25) is 0 Å². The van der Waals surface area contributed by atoms with Gasteiger partial charge in [0.25, 0.3) is 5.56 Å². The molecule has 0 fully saturated rings. The second-order valence-corrected chi connectivity index (χ2v) is 8.36. The lowest BCUT2D eigenvalue weighted by Gasteiger charge is -2.20. The lowest BCUT2D eigenvalue weighted by Crippen LogP contribution is -2.31. The number of hydrogen-bond donors (Lipinski definition) is 0. The number of fused-ring (bicyclic) bond motifs is 3. The highest BCUT2D eigenvalue weighted by Crippen LogP contribution is 2.22. The maximum atomic E-state index is 13.5. The summed E-state index contributed by atoms with van der Waals surface area (Å²) in [4.78, 5) is 27.5. The number of hydrogen-bond acceptors (Lipinski definition) is 5. The van der Waals surface area contributed by atoms with E-state index in [4.69, 9.17) is 0 Å². The summed E-state index contributed by atoms with van der Waals surface area (Å²) < 4.78 is 17.0. The quantitative estimate of drug-likeness (QED) is 0.380. The standard InChI is InChI=1S/C23H24FN5O2S/c1-3-12-28-21(31)18-10-5-6-11-19(18)29-22(28)25-26-23(29)32-15-20(30)27(4-2)14-16-8-7-9-17(24)13-16/h5-11,13H,3-4,12,14-15H2,1-2H3. The highest BCUT2D eigenvalue weighted by Gasteiger charge is 2.19. The second-order valence-electron chi connectivity index (χ2n) is 7.42. The summed E-state index contributed by atoms with van der Waals surface area (Å²) in [6.07, 6.45) is 0.785. The van der Waals surface area contributed by atoms with Crippen molar-refractivity contribution in [3.63, 3.8) is 0 Å². The molecule has 0 aliphatic heterocycles. The molecule has 0 atom stereocenters. The van der Waals surface area contributed by atoms with Gasteiger partial charge < -0.3 is 4.90 Å². The van der Waals surface area contributed by atoms with Crippen LogP contribution in [0.3, 0.4) is 0 Å². The first kappa shape index (κ1) is 22.0. The molecule has 4 rings (SSSR count). The Morgan fingerprint density at radius 2 is 1.94 bits per heavy atom. The van der Waals surface area contributed by atoms with Gasteiger partial charge in [-0.15, -0.1) is 10.2 Å². The molecule has 0 N–H and O–H groups in total. The molecule has 2 aromatic carbocycles. The molecule has 0 aliphatic carbocycles. The number of benzene rings is 2. The van der Waals surface area contributed by atoms with Gasteiger partial charge >= 0.3 is 0 Å². The van der Waals surface area contributed by atoms with Crippen molar-refractivity contribution in [1.82, 2.24) is 24.1 Å². The van der Waals surface area contributed by atoms with Crippen molar-refractivity contribution in [3.8, 4) is 0 Å². The summed E-state index contributed by atoms with van der Waals surface area (Å²) in [6, 6.07) is 13.6. The van der Waals surface area contributed by atoms with E-state index in [0.717, 1.165) is 12.0 Å². The molecule has 2 heterocycles. The molecular formula is C23H24FN5O2S. The number of rotatable bonds is 8. The van der Waals surface area contributed by atoms with Gasteiger partial charge in [0, 0.05) is 19.6 Å². The van der Waals surface area contributed by atoms with Crippen LogP contribution in [0.15, 0.2) is 58.5 Å². The minimum Gasteiger partial charge on any atom is -0.338 e. The summed E-state index contributed by atoms with van der Waals surface area (Å²) in [5.41, 5.74) is 1.36. The number of nitrogens with zero attached hydrogens (tertiary/aromatic N) is 5. The number of halogens is 1. The van der Waals surface area contributed by atoms with Gasteiger partial charge in [-0.05, 0) is 43.2 Å². The fourth-order valence-electron chi connectivity index (χ4n) is 3.70. The summed E-state index contributed by atoms with van der Waals surface area (Å²) >= 11 is 1.28. The van der Waals surface area contributed by atoms with Crippen LogP contribution in [-0.4, -0.2) is 42.3 Å². The monoisotopic (exact) mass is 453 g/mol. The molecule has 0 unspecified atom stereocenters. The van der Waals surface area contributed by atoms with Crippen LogP contribution in [0.4, 0.5) is 4.39 Å². The average molecular weight is 454 g/mol. The fourth-order valence-corrected chi connectivity index (χ4v) is 4.54. The first-order chi connectivity index (χ1) is 15.5. The minimum absolute atomic E-state index is 0.0790. The van der Waals surface area contributed by atoms with Crippen molar-refractivity contribution in [1.29, 1.82) is 0 Å². The first-order valence-corrected chi connectivity index (χ1v) is 11.5. The molecule has 0 bridgehead atoms. The lowest BCUT2D eigenvalue weighted by molar-refractivity contribution is -0.128. The number of para-hydroxylation sites is 1. The van der Waals surface area contributed by atoms with E-state index in [1.807, 2.05) is 36.4 Å². The summed E-state index contributed by atoms with van der Waals surface area (Å²) in [7, 11) is 0. The molecule has 0 saturated heterocycles. The molecule has 4 aromatic rings. The third kappa shape index (κ3) is 4.25. The van der Waals surface area contributed by atoms with E-state index >= 15 is 0 Å². The number of amides is 1. The molecular weight excluding hydrogens is 429 g/mol. The van der Waals surface area contributed by atoms with Crippen molar-refractivity contribution in [2.45, 2.75) is 38.5 Å². The Bertz CT molecular complexity index is 1330. The van der Waals surface area contributed by atoms with E-state index in [1.165, 1.54) is 23.9 Å². The fraction of sp³-hybridized carbons (Fsp3) is 0.304. The second kappa shape index (κ2) is 9.52. The molecule has 166 valence electrons. The van der Waals surface area contributed by atoms with Crippen molar-refractivity contribution in [2.24, 2.45) is 0 Å². The zero-order valence-electron chi connectivity index (χ0n) is 18.0. The molecule has 2 aromatic heterocycles. The number of thioether (sulfide) groups is 1. The molecule has 0 spiro atoms. The summed E-state index contributed by atoms with van der Waals surface area (Å²) in [5, 5.41) is 9.67. The van der Waals surface area contributed by atoms with Gasteiger partial charge in [0.05, 0.1) is 16.7 Å². The predicted octanol–water partition coefficient (Wildman–Crippen LogP) is 3.73. The number of carbonyl (C=O) groups excluding carboxylic acids is 1. The Kier molecular flexibility index (Phi) is 6.55. The Balaban J connectivity index is 1.62. The minimum atomic E-state index is -0.319. The van der Waals surface area contributed by atoms with E-state index in [0.29, 0.717) is 41.5 Å². The van der Waals surface area contributed by atoms with Gasteiger partial charge in [0.2, 0.25) is 11.7 Å². The third-order valence-electron chi connectivity index (χ3n) is 5.25. The first-order valence-electron chi connectivity index (χ1n) is 10.5. The molecule has 0 saturated carbocycles. The normalized spacial score (nSPS) is 11.3. The molecule has 7 nitrogen and oxygen atoms in total. The summed E-state index contributed by atoms with van der Waals surface area (Å²) in [6.45, 7) is 5.28. The maximum absolute atomic E-state index is 13.5. The van der Waals surface area contributed by atoms with Gasteiger partial charge in [-0.3, -0.25) is 18.6 Å². The van der Waals surface area contributed by atoms with E-state index < -0.39 is 0 Å². The molecule has 1 amide bonds. The summed E-state index contributed by atoms with van der Waals surface area (Å²) in [5.74, 6) is 0.230. The number of aromatic nitrogens is 4. The van der Waals surface area contributed by atoms with Gasteiger partial charge in [-0.2, -0.15) is 0 Å². The van der Waals surface area contributed by atoms with Crippen molar-refractivity contribution in [3.05, 3.63) is 70.3 Å². The van der Waals surface area contributed by atoms with Crippen molar-refractivity contribution < 1.29 is 9.18 Å². The molecule has 32 heavy (non-hydrogen) atoms. The van der Waals surface area contributed by atoms with Gasteiger partial charge in [-0.25, -0.2) is 4.39 Å². The van der Waals surface area contributed by atoms with E-state index in [1.54, 1.807) is 27.7 Å². The number of aryl methyl sites for hydroxylation is 1. The molecule has 0 radical (unpaired) electrons. The highest BCUT2D eigenvalue weighted by atomic mass is 32.2. The average Bonchev–Trinajstić information content (AvgIpc) is 3.22. The third-order valence-corrected chi connectivity index (χ3v) is 6.16. The van der Waals surface area contributed by atoms with Gasteiger partial charge in [0.15, 0.2) is 5.16 Å². The SMILES string of the molecule is CCCn1c(=O)c2ccccc2n2c(SCC(=O)N(CC)Cc3cccc(F)c3)nnc12. The van der Waals surface area contributed by atoms with Crippen LogP contribution in [0, 0.1) is 5.82 Å². The van der Waals surface area contributed by atoms with E-state index in [-0.39, 0.29) is 23.0 Å². The molecule has 0 aliphatic rings. The lowest BCUT2D eigenvalue weighted by atomic mass is 10.2. The zero-order chi connectivity index (χ0) is 22.7. The highest BCUT2D eigenvalue weighted by molar-refractivity contribution is 7.99. The van der Waals surface area contributed by atoms with Crippen LogP contribution in [0.1, 0.15) is 25.8 Å². The van der Waals surface area contributed by atoms with Crippen LogP contribution in [0.25, 0.3) is 16.7 Å². The van der Waals surface area contributed by atoms with Crippen LogP contribution in [-0.2, 0) is 17.9 Å². The predicted molar refractivity (Wildman–Crippen MR) is 123 cm³/mol. The van der Waals surface area contributed by atoms with Gasteiger partial charge in [0.1, 0.15) is 5.82 Å². The maximum Gasteiger partial charge on any atom is 0.262 e. The van der Waals surface area contributed by atoms with Crippen molar-refractivity contribution in [2.75, 3.05) is 12.3 Å². The van der Waals surface area contributed by atoms with Gasteiger partial charge in [-0.1, -0.05) is 43.0 Å². The Hall–Kier alpha value is -3.20. The smallest absolute Gasteiger partial charge is 0.262 e. The largest absolute Gasteiger partial charge is 0.338 e. The topological polar surface area (TPSA) is 72.5 Å². The Morgan fingerprint density at radius 1 is 1.12 bits per heavy atom. The van der Waals surface area contributed by atoms with E-state index in [9.17, 15) is 14.0 Å². The van der Waals surface area contributed by atoms with E-state index in [2.05, 4.69) is 10.2 Å². The molecule has 9 heteroatoms. The van der Waals surface area contributed by atoms with Crippen LogP contribution < -0.4 is 5.56 Å². The van der Waals surface area contributed by atoms with Crippen molar-refractivity contribution >= 4 is 34.3 Å².